The molecule has 116 valence electrons. The van der Waals surface area contributed by atoms with Crippen LogP contribution in [-0.4, -0.2) is 28.1 Å². The monoisotopic (exact) mass is 310 g/mol. The Morgan fingerprint density at radius 1 is 1.09 bits per heavy atom. The molecular formula is C15H14N6O2. The van der Waals surface area contributed by atoms with Crippen molar-refractivity contribution in [2.75, 3.05) is 0 Å². The first-order chi connectivity index (χ1) is 11.0. The van der Waals surface area contributed by atoms with Gasteiger partial charge >= 0.3 is 5.69 Å². The number of pyridine rings is 1. The molecule has 0 aliphatic heterocycles. The first-order valence-electron chi connectivity index (χ1n) is 7.08. The van der Waals surface area contributed by atoms with Crippen molar-refractivity contribution in [2.45, 2.75) is 6.92 Å². The molecule has 0 radical (unpaired) electrons. The van der Waals surface area contributed by atoms with Crippen molar-refractivity contribution in [1.29, 1.82) is 0 Å². The van der Waals surface area contributed by atoms with Crippen LogP contribution in [0.2, 0.25) is 0 Å². The van der Waals surface area contributed by atoms with Crippen LogP contribution >= 0.6 is 0 Å². The number of nitrogens with zero attached hydrogens (tertiary/aromatic N) is 6. The van der Waals surface area contributed by atoms with Gasteiger partial charge in [0.25, 0.3) is 5.56 Å². The zero-order valence-electron chi connectivity index (χ0n) is 12.9. The summed E-state index contributed by atoms with van der Waals surface area (Å²) >= 11 is 0. The Labute approximate surface area is 129 Å². The highest BCUT2D eigenvalue weighted by Gasteiger charge is 2.19. The van der Waals surface area contributed by atoms with Crippen molar-refractivity contribution in [3.05, 3.63) is 57.1 Å². The molecule has 8 nitrogen and oxygen atoms in total. The molecule has 0 aliphatic rings. The number of aryl methyl sites for hydroxylation is 2. The smallest absolute Gasteiger partial charge is 0.279 e. The summed E-state index contributed by atoms with van der Waals surface area (Å²) in [5.41, 5.74) is 0.863. The standard InChI is InChI=1S/C15H14N6O2/c1-9-8-20-11-12(18(2)15(23)19(3)13(11)22)17-14(20)21(9)10-6-4-5-7-16-10/h4-8H,1-3H3. The van der Waals surface area contributed by atoms with Crippen LogP contribution in [0.15, 0.2) is 40.2 Å². The fourth-order valence-electron chi connectivity index (χ4n) is 2.85. The summed E-state index contributed by atoms with van der Waals surface area (Å²) in [6, 6.07) is 5.58. The second-order valence-corrected chi connectivity index (χ2v) is 5.45. The van der Waals surface area contributed by atoms with Crippen molar-refractivity contribution in [1.82, 2.24) is 28.1 Å². The fourth-order valence-corrected chi connectivity index (χ4v) is 2.85. The second kappa shape index (κ2) is 4.42. The van der Waals surface area contributed by atoms with Crippen LogP contribution in [-0.2, 0) is 14.1 Å². The topological polar surface area (TPSA) is 79.1 Å². The van der Waals surface area contributed by atoms with E-state index in [9.17, 15) is 9.59 Å². The van der Waals surface area contributed by atoms with E-state index in [0.29, 0.717) is 22.8 Å². The van der Waals surface area contributed by atoms with Crippen molar-refractivity contribution in [3.8, 4) is 5.82 Å². The Morgan fingerprint density at radius 3 is 2.57 bits per heavy atom. The first-order valence-corrected chi connectivity index (χ1v) is 7.08. The van der Waals surface area contributed by atoms with Crippen LogP contribution < -0.4 is 11.2 Å². The normalized spacial score (nSPS) is 11.6. The van der Waals surface area contributed by atoms with E-state index < -0.39 is 5.69 Å². The molecule has 0 aromatic carbocycles. The number of rotatable bonds is 1. The molecule has 0 saturated carbocycles. The second-order valence-electron chi connectivity index (χ2n) is 5.45. The van der Waals surface area contributed by atoms with E-state index in [-0.39, 0.29) is 5.56 Å². The van der Waals surface area contributed by atoms with Gasteiger partial charge in [-0.25, -0.2) is 9.78 Å². The largest absolute Gasteiger partial charge is 0.332 e. The lowest BCUT2D eigenvalue weighted by Gasteiger charge is -2.03. The predicted molar refractivity (Wildman–Crippen MR) is 85.0 cm³/mol. The van der Waals surface area contributed by atoms with Gasteiger partial charge in [-0.2, -0.15) is 4.98 Å². The minimum absolute atomic E-state index is 0.359. The molecule has 0 aliphatic carbocycles. The molecule has 0 spiro atoms. The third-order valence-electron chi connectivity index (χ3n) is 4.02. The van der Waals surface area contributed by atoms with E-state index in [1.165, 1.54) is 11.6 Å². The molecule has 4 rings (SSSR count). The summed E-state index contributed by atoms with van der Waals surface area (Å²) in [6.07, 6.45) is 3.52. The number of hydrogen-bond acceptors (Lipinski definition) is 4. The SMILES string of the molecule is Cc1cn2c3c(=O)n(C)c(=O)n(C)c3nc2n1-c1ccccn1. The lowest BCUT2D eigenvalue weighted by molar-refractivity contribution is 0.707. The Bertz CT molecular complexity index is 1180. The average molecular weight is 310 g/mol. The van der Waals surface area contributed by atoms with E-state index in [4.69, 9.17) is 0 Å². The van der Waals surface area contributed by atoms with Crippen molar-refractivity contribution in [3.63, 3.8) is 0 Å². The maximum Gasteiger partial charge on any atom is 0.332 e. The Hall–Kier alpha value is -3.16. The van der Waals surface area contributed by atoms with E-state index >= 15 is 0 Å². The summed E-state index contributed by atoms with van der Waals surface area (Å²) < 4.78 is 6.02. The lowest BCUT2D eigenvalue weighted by Crippen LogP contribution is -2.37. The van der Waals surface area contributed by atoms with Gasteiger partial charge in [0.05, 0.1) is 0 Å². The van der Waals surface area contributed by atoms with Gasteiger partial charge in [-0.05, 0) is 19.1 Å². The quantitative estimate of drug-likeness (QED) is 0.509. The summed E-state index contributed by atoms with van der Waals surface area (Å²) in [5.74, 6) is 1.26. The molecule has 4 aromatic rings. The van der Waals surface area contributed by atoms with Crippen molar-refractivity contribution in [2.24, 2.45) is 14.1 Å². The van der Waals surface area contributed by atoms with Crippen LogP contribution in [0.25, 0.3) is 22.8 Å². The van der Waals surface area contributed by atoms with Gasteiger partial charge in [0.15, 0.2) is 11.2 Å². The van der Waals surface area contributed by atoms with Crippen LogP contribution in [0.3, 0.4) is 0 Å². The third-order valence-corrected chi connectivity index (χ3v) is 4.02. The van der Waals surface area contributed by atoms with Crippen LogP contribution in [0.1, 0.15) is 5.69 Å². The molecule has 4 heterocycles. The van der Waals surface area contributed by atoms with E-state index in [2.05, 4.69) is 9.97 Å². The van der Waals surface area contributed by atoms with Gasteiger partial charge in [0.2, 0.25) is 5.78 Å². The van der Waals surface area contributed by atoms with Crippen LogP contribution in [0, 0.1) is 6.92 Å². The summed E-state index contributed by atoms with van der Waals surface area (Å²) in [5, 5.41) is 0. The average Bonchev–Trinajstić information content (AvgIpc) is 3.06. The molecule has 0 fully saturated rings. The van der Waals surface area contributed by atoms with Gasteiger partial charge in [-0.15, -0.1) is 0 Å². The van der Waals surface area contributed by atoms with Gasteiger partial charge in [-0.3, -0.25) is 22.9 Å². The van der Waals surface area contributed by atoms with Crippen LogP contribution in [0.5, 0.6) is 0 Å². The molecular weight excluding hydrogens is 296 g/mol. The van der Waals surface area contributed by atoms with Gasteiger partial charge < -0.3 is 0 Å². The Kier molecular flexibility index (Phi) is 2.59. The number of hydrogen-bond donors (Lipinski definition) is 0. The maximum atomic E-state index is 12.5. The van der Waals surface area contributed by atoms with Gasteiger partial charge in [-0.1, -0.05) is 6.07 Å². The van der Waals surface area contributed by atoms with Gasteiger partial charge in [0, 0.05) is 32.2 Å². The zero-order valence-corrected chi connectivity index (χ0v) is 12.9. The molecule has 0 unspecified atom stereocenters. The fraction of sp³-hybridized carbons (Fsp3) is 0.200. The number of aromatic nitrogens is 6. The predicted octanol–water partition coefficient (Wildman–Crippen LogP) is 0.379. The molecule has 23 heavy (non-hydrogen) atoms. The van der Waals surface area contributed by atoms with E-state index in [1.54, 1.807) is 17.6 Å². The highest BCUT2D eigenvalue weighted by molar-refractivity contribution is 5.76. The first kappa shape index (κ1) is 13.5. The van der Waals surface area contributed by atoms with Gasteiger partial charge in [0.1, 0.15) is 5.82 Å². The highest BCUT2D eigenvalue weighted by Crippen LogP contribution is 2.19. The highest BCUT2D eigenvalue weighted by atomic mass is 16.2. The Balaban J connectivity index is 2.24. The van der Waals surface area contributed by atoms with Crippen molar-refractivity contribution >= 4 is 16.9 Å². The zero-order chi connectivity index (χ0) is 16.3. The summed E-state index contributed by atoms with van der Waals surface area (Å²) in [7, 11) is 3.07. The third kappa shape index (κ3) is 1.65. The molecule has 8 heteroatoms. The lowest BCUT2D eigenvalue weighted by atomic mass is 10.4. The molecule has 0 bridgehead atoms. The van der Waals surface area contributed by atoms with Crippen LogP contribution in [0.4, 0.5) is 0 Å². The molecule has 0 saturated heterocycles. The minimum Gasteiger partial charge on any atom is -0.279 e. The molecule has 0 N–H and O–H groups in total. The molecule has 4 aromatic heterocycles. The van der Waals surface area contributed by atoms with Crippen molar-refractivity contribution < 1.29 is 0 Å². The Morgan fingerprint density at radius 2 is 1.87 bits per heavy atom. The summed E-state index contributed by atoms with van der Waals surface area (Å²) in [4.78, 5) is 33.4. The number of imidazole rings is 2. The van der Waals surface area contributed by atoms with E-state index in [0.717, 1.165) is 10.3 Å². The summed E-state index contributed by atoms with van der Waals surface area (Å²) in [6.45, 7) is 1.92. The number of fused-ring (bicyclic) bond motifs is 3. The maximum absolute atomic E-state index is 12.5. The molecule has 0 atom stereocenters. The minimum atomic E-state index is -0.399. The van der Waals surface area contributed by atoms with E-state index in [1.807, 2.05) is 35.9 Å². The molecule has 0 amide bonds.